The van der Waals surface area contributed by atoms with Crippen LogP contribution in [0.5, 0.6) is 5.75 Å². The molecule has 0 radical (unpaired) electrons. The molecule has 1 aromatic heterocycles. The van der Waals surface area contributed by atoms with Crippen LogP contribution in [-0.2, 0) is 4.79 Å². The molecule has 0 bridgehead atoms. The lowest BCUT2D eigenvalue weighted by Crippen LogP contribution is -2.42. The van der Waals surface area contributed by atoms with Gasteiger partial charge in [-0.05, 0) is 50.8 Å². The number of ether oxygens (including phenoxy) is 1. The molecule has 8 heteroatoms. The highest BCUT2D eigenvalue weighted by Crippen LogP contribution is 2.59. The molecule has 1 aromatic carbocycles. The van der Waals surface area contributed by atoms with Gasteiger partial charge in [-0.25, -0.2) is 0 Å². The Labute approximate surface area is 166 Å². The Morgan fingerprint density at radius 1 is 1.27 bits per heavy atom. The molecule has 2 saturated carbocycles. The van der Waals surface area contributed by atoms with Gasteiger partial charge in [0, 0.05) is 11.8 Å². The number of carbonyl (C=O) groups excluding carboxylic acids is 1. The van der Waals surface area contributed by atoms with Crippen molar-refractivity contribution in [2.45, 2.75) is 54.9 Å². The van der Waals surface area contributed by atoms with Crippen LogP contribution in [0.2, 0.25) is 0 Å². The number of hydrogen-bond donors (Lipinski definition) is 1. The molecular formula is C18H19Cl2N3O2S. The molecule has 138 valence electrons. The molecule has 0 spiro atoms. The summed E-state index contributed by atoms with van der Waals surface area (Å²) >= 11 is 13.6. The number of halogens is 2. The van der Waals surface area contributed by atoms with Crippen molar-refractivity contribution in [3.8, 4) is 5.75 Å². The van der Waals surface area contributed by atoms with E-state index in [0.717, 1.165) is 29.8 Å². The highest BCUT2D eigenvalue weighted by Gasteiger charge is 2.52. The van der Waals surface area contributed by atoms with Crippen molar-refractivity contribution >= 4 is 45.6 Å². The smallest absolute Gasteiger partial charge is 0.269 e. The fourth-order valence-corrected chi connectivity index (χ4v) is 4.18. The minimum Gasteiger partial charge on any atom is -0.478 e. The number of benzene rings is 1. The van der Waals surface area contributed by atoms with Crippen molar-refractivity contribution in [3.05, 3.63) is 34.8 Å². The molecule has 4 rings (SSSR count). The van der Waals surface area contributed by atoms with Crippen molar-refractivity contribution in [1.82, 2.24) is 10.2 Å². The van der Waals surface area contributed by atoms with Gasteiger partial charge in [0.25, 0.3) is 5.91 Å². The highest BCUT2D eigenvalue weighted by molar-refractivity contribution is 7.15. The van der Waals surface area contributed by atoms with E-state index < -0.39 is 9.93 Å². The number of alkyl halides is 2. The Balaban J connectivity index is 1.38. The van der Waals surface area contributed by atoms with E-state index in [0.29, 0.717) is 16.8 Å². The van der Waals surface area contributed by atoms with Gasteiger partial charge in [-0.15, -0.1) is 33.4 Å². The average molecular weight is 412 g/mol. The fraction of sp³-hybridized carbons (Fsp3) is 0.500. The van der Waals surface area contributed by atoms with Gasteiger partial charge >= 0.3 is 0 Å². The summed E-state index contributed by atoms with van der Waals surface area (Å²) in [6.45, 7) is 3.45. The minimum atomic E-state index is -1.05. The van der Waals surface area contributed by atoms with E-state index in [9.17, 15) is 4.79 Å². The molecular weight excluding hydrogens is 393 g/mol. The average Bonchev–Trinajstić information content (AvgIpc) is 3.47. The zero-order chi connectivity index (χ0) is 18.5. The van der Waals surface area contributed by atoms with Crippen LogP contribution in [-0.4, -0.2) is 26.0 Å². The van der Waals surface area contributed by atoms with E-state index in [4.69, 9.17) is 27.9 Å². The van der Waals surface area contributed by atoms with Gasteiger partial charge in [0.05, 0.1) is 0 Å². The van der Waals surface area contributed by atoms with Crippen molar-refractivity contribution in [2.24, 2.45) is 0 Å². The first kappa shape index (κ1) is 18.0. The minimum absolute atomic E-state index is 0.161. The fourth-order valence-electron chi connectivity index (χ4n) is 2.71. The van der Waals surface area contributed by atoms with Crippen LogP contribution >= 0.6 is 34.5 Å². The van der Waals surface area contributed by atoms with Gasteiger partial charge in [-0.2, -0.15) is 0 Å². The molecule has 0 saturated heterocycles. The molecule has 2 aliphatic rings. The van der Waals surface area contributed by atoms with Crippen molar-refractivity contribution in [2.75, 3.05) is 5.32 Å². The van der Waals surface area contributed by atoms with Gasteiger partial charge < -0.3 is 4.74 Å². The van der Waals surface area contributed by atoms with Crippen LogP contribution in [0.1, 0.15) is 55.5 Å². The molecule has 26 heavy (non-hydrogen) atoms. The molecule has 1 heterocycles. The third-order valence-corrected chi connectivity index (χ3v) is 6.45. The Hall–Kier alpha value is -1.37. The number of rotatable bonds is 6. The summed E-state index contributed by atoms with van der Waals surface area (Å²) < 4.78 is 5.24. The summed E-state index contributed by atoms with van der Waals surface area (Å²) in [4.78, 5) is 12.6. The lowest BCUT2D eigenvalue weighted by atomic mass is 10.1. The predicted molar refractivity (Wildman–Crippen MR) is 103 cm³/mol. The zero-order valence-electron chi connectivity index (χ0n) is 14.5. The summed E-state index contributed by atoms with van der Waals surface area (Å²) in [5.74, 6) is 1.03. The van der Waals surface area contributed by atoms with E-state index >= 15 is 0 Å². The van der Waals surface area contributed by atoms with E-state index in [1.807, 2.05) is 24.3 Å². The maximum atomic E-state index is 12.6. The van der Waals surface area contributed by atoms with Gasteiger partial charge in [-0.1, -0.05) is 23.5 Å². The molecule has 2 aromatic rings. The summed E-state index contributed by atoms with van der Waals surface area (Å²) in [7, 11) is 0. The molecule has 0 aliphatic heterocycles. The largest absolute Gasteiger partial charge is 0.478 e. The van der Waals surface area contributed by atoms with Crippen LogP contribution in [0.25, 0.3) is 0 Å². The quantitative estimate of drug-likeness (QED) is 0.688. The van der Waals surface area contributed by atoms with Gasteiger partial charge in [0.15, 0.2) is 5.60 Å². The number of aromatic nitrogens is 2. The summed E-state index contributed by atoms with van der Waals surface area (Å²) in [6.07, 6.45) is 3.07. The highest BCUT2D eigenvalue weighted by atomic mass is 35.5. The predicted octanol–water partition coefficient (Wildman–Crippen LogP) is 4.87. The van der Waals surface area contributed by atoms with Crippen molar-refractivity contribution in [3.63, 3.8) is 0 Å². The molecule has 1 N–H and O–H groups in total. The maximum Gasteiger partial charge on any atom is 0.269 e. The number of hydrogen-bond acceptors (Lipinski definition) is 5. The number of nitrogens with one attached hydrogen (secondary N) is 1. The summed E-state index contributed by atoms with van der Waals surface area (Å²) in [5, 5.41) is 12.5. The molecule has 0 unspecified atom stereocenters. The molecule has 2 fully saturated rings. The SMILES string of the molecule is CC(C)(Oc1ccc([C@@H]2CC2(Cl)Cl)cc1)C(=O)Nc1nnc(C2CC2)s1. The third-order valence-electron chi connectivity index (χ3n) is 4.62. The first-order valence-electron chi connectivity index (χ1n) is 8.56. The van der Waals surface area contributed by atoms with E-state index in [-0.39, 0.29) is 11.8 Å². The second-order valence-electron chi connectivity index (χ2n) is 7.37. The summed E-state index contributed by atoms with van der Waals surface area (Å²) in [5.41, 5.74) is 0.0287. The Bertz CT molecular complexity index is 831. The van der Waals surface area contributed by atoms with Crippen LogP contribution in [0, 0.1) is 0 Å². The lowest BCUT2D eigenvalue weighted by molar-refractivity contribution is -0.128. The first-order chi connectivity index (χ1) is 12.2. The molecule has 1 amide bonds. The molecule has 1 atom stereocenters. The number of nitrogens with zero attached hydrogens (tertiary/aromatic N) is 2. The van der Waals surface area contributed by atoms with Crippen LogP contribution in [0.4, 0.5) is 5.13 Å². The normalized spacial score (nSPS) is 21.3. The monoisotopic (exact) mass is 411 g/mol. The second kappa shape index (κ2) is 6.36. The Kier molecular flexibility index (Phi) is 4.40. The van der Waals surface area contributed by atoms with E-state index in [2.05, 4.69) is 15.5 Å². The first-order valence-corrected chi connectivity index (χ1v) is 10.1. The Morgan fingerprint density at radius 3 is 2.50 bits per heavy atom. The second-order valence-corrected chi connectivity index (χ2v) is 9.92. The number of amides is 1. The van der Waals surface area contributed by atoms with E-state index in [1.165, 1.54) is 11.3 Å². The topological polar surface area (TPSA) is 64.1 Å². The maximum absolute atomic E-state index is 12.6. The number of carbonyl (C=O) groups is 1. The van der Waals surface area contributed by atoms with Crippen LogP contribution in [0.15, 0.2) is 24.3 Å². The van der Waals surface area contributed by atoms with Crippen LogP contribution in [0.3, 0.4) is 0 Å². The van der Waals surface area contributed by atoms with Crippen LogP contribution < -0.4 is 10.1 Å². The van der Waals surface area contributed by atoms with Crippen molar-refractivity contribution in [1.29, 1.82) is 0 Å². The molecule has 5 nitrogen and oxygen atoms in total. The number of anilines is 1. The summed E-state index contributed by atoms with van der Waals surface area (Å²) in [6, 6.07) is 7.55. The standard InChI is InChI=1S/C18H19Cl2N3O2S/c1-17(2,15(24)21-16-23-22-14(26-16)11-3-4-11)25-12-7-5-10(6-8-12)13-9-18(13,19)20/h5-8,11,13H,3-4,9H2,1-2H3,(H,21,23,24)/t13-/m0/s1. The Morgan fingerprint density at radius 2 is 1.92 bits per heavy atom. The van der Waals surface area contributed by atoms with Gasteiger partial charge in [0.2, 0.25) is 5.13 Å². The lowest BCUT2D eigenvalue weighted by Gasteiger charge is -2.24. The van der Waals surface area contributed by atoms with Gasteiger partial charge in [0.1, 0.15) is 15.1 Å². The van der Waals surface area contributed by atoms with Gasteiger partial charge in [-0.3, -0.25) is 10.1 Å². The third kappa shape index (κ3) is 3.82. The zero-order valence-corrected chi connectivity index (χ0v) is 16.8. The van der Waals surface area contributed by atoms with E-state index in [1.54, 1.807) is 13.8 Å². The van der Waals surface area contributed by atoms with Crippen molar-refractivity contribution < 1.29 is 9.53 Å². The molecule has 2 aliphatic carbocycles.